The number of nitrogens with one attached hydrogen (secondary N) is 2. The number of aryl methyl sites for hydroxylation is 1. The average Bonchev–Trinajstić information content (AvgIpc) is 3.37. The van der Waals surface area contributed by atoms with Crippen molar-refractivity contribution in [1.82, 2.24) is 20.1 Å². The Bertz CT molecular complexity index is 1110. The van der Waals surface area contributed by atoms with Gasteiger partial charge in [0.2, 0.25) is 11.8 Å². The van der Waals surface area contributed by atoms with E-state index in [4.69, 9.17) is 0 Å². The van der Waals surface area contributed by atoms with Gasteiger partial charge in [-0.15, -0.1) is 0 Å². The van der Waals surface area contributed by atoms with Gasteiger partial charge in [0.05, 0.1) is 6.04 Å². The molecule has 6 rings (SSSR count). The van der Waals surface area contributed by atoms with Gasteiger partial charge in [-0.05, 0) is 69.1 Å². The number of hydrogen-bond acceptors (Lipinski definition) is 3. The highest BCUT2D eigenvalue weighted by atomic mass is 19.3. The monoisotopic (exact) mass is 524 g/mol. The highest BCUT2D eigenvalue weighted by molar-refractivity contribution is 5.79. The minimum absolute atomic E-state index is 0.0571. The highest BCUT2D eigenvalue weighted by Crippen LogP contribution is 2.43. The summed E-state index contributed by atoms with van der Waals surface area (Å²) in [5.41, 5.74) is 5.54. The van der Waals surface area contributed by atoms with E-state index in [1.165, 1.54) is 36.9 Å². The number of nitrogens with zero attached hydrogens (tertiary/aromatic N) is 2. The van der Waals surface area contributed by atoms with E-state index in [0.717, 1.165) is 38.0 Å². The molecule has 2 saturated heterocycles. The number of carbonyl (C=O) groups is 1. The van der Waals surface area contributed by atoms with E-state index in [1.807, 2.05) is 18.2 Å². The van der Waals surface area contributed by atoms with Crippen molar-refractivity contribution in [2.75, 3.05) is 13.1 Å². The lowest BCUT2D eigenvalue weighted by Crippen LogP contribution is -2.45. The van der Waals surface area contributed by atoms with Gasteiger partial charge in [0, 0.05) is 74.3 Å². The van der Waals surface area contributed by atoms with E-state index in [-0.39, 0.29) is 43.6 Å². The summed E-state index contributed by atoms with van der Waals surface area (Å²) in [6, 6.07) is 14.2. The summed E-state index contributed by atoms with van der Waals surface area (Å²) in [4.78, 5) is 15.8. The Labute approximate surface area is 225 Å². The van der Waals surface area contributed by atoms with Crippen LogP contribution in [0.1, 0.15) is 92.4 Å². The van der Waals surface area contributed by atoms with Crippen LogP contribution >= 0.6 is 0 Å². The molecule has 3 atom stereocenters. The van der Waals surface area contributed by atoms with E-state index in [0.29, 0.717) is 18.1 Å². The van der Waals surface area contributed by atoms with Gasteiger partial charge in [-0.3, -0.25) is 9.69 Å². The van der Waals surface area contributed by atoms with E-state index in [2.05, 4.69) is 45.2 Å². The summed E-state index contributed by atoms with van der Waals surface area (Å²) < 4.78 is 30.0. The molecule has 3 aliphatic heterocycles. The molecule has 1 aliphatic carbocycles. The van der Waals surface area contributed by atoms with Crippen LogP contribution in [0.4, 0.5) is 8.78 Å². The molecule has 2 N–H and O–H groups in total. The lowest BCUT2D eigenvalue weighted by molar-refractivity contribution is -0.130. The van der Waals surface area contributed by atoms with Gasteiger partial charge in [-0.25, -0.2) is 8.78 Å². The molecular weight excluding hydrogens is 482 g/mol. The molecule has 0 spiro atoms. The summed E-state index contributed by atoms with van der Waals surface area (Å²) in [7, 11) is 0. The molecule has 206 valence electrons. The molecule has 7 heteroatoms. The van der Waals surface area contributed by atoms with E-state index in [1.54, 1.807) is 5.69 Å². The Morgan fingerprint density at radius 2 is 1.79 bits per heavy atom. The molecule has 1 aromatic heterocycles. The summed E-state index contributed by atoms with van der Waals surface area (Å²) in [5.74, 6) is -2.98. The van der Waals surface area contributed by atoms with Crippen LogP contribution in [0, 0.1) is 12.8 Å². The van der Waals surface area contributed by atoms with Crippen LogP contribution in [0.5, 0.6) is 0 Å². The molecule has 0 radical (unpaired) electrons. The number of alkyl halides is 2. The van der Waals surface area contributed by atoms with Crippen molar-refractivity contribution in [2.24, 2.45) is 5.92 Å². The molecule has 5 nitrogen and oxygen atoms in total. The van der Waals surface area contributed by atoms with Gasteiger partial charge in [0.1, 0.15) is 0 Å². The highest BCUT2D eigenvalue weighted by Gasteiger charge is 2.42. The summed E-state index contributed by atoms with van der Waals surface area (Å²) in [6.07, 6.45) is 7.06. The first-order valence-corrected chi connectivity index (χ1v) is 14.8. The van der Waals surface area contributed by atoms with Crippen LogP contribution in [0.2, 0.25) is 0 Å². The number of benzene rings is 1. The Hall–Kier alpha value is -2.25. The van der Waals surface area contributed by atoms with Crippen molar-refractivity contribution < 1.29 is 13.6 Å². The minimum atomic E-state index is -2.61. The maximum absolute atomic E-state index is 13.7. The average molecular weight is 525 g/mol. The van der Waals surface area contributed by atoms with Crippen molar-refractivity contribution in [2.45, 2.75) is 108 Å². The topological polar surface area (TPSA) is 49.3 Å². The van der Waals surface area contributed by atoms with Gasteiger partial charge < -0.3 is 15.2 Å². The largest absolute Gasteiger partial charge is 0.349 e. The Morgan fingerprint density at radius 1 is 1.08 bits per heavy atom. The molecule has 4 heterocycles. The van der Waals surface area contributed by atoms with Crippen molar-refractivity contribution in [3.63, 3.8) is 0 Å². The van der Waals surface area contributed by atoms with E-state index in [9.17, 15) is 13.6 Å². The van der Waals surface area contributed by atoms with Crippen molar-refractivity contribution >= 4 is 5.91 Å². The van der Waals surface area contributed by atoms with Crippen LogP contribution in [0.25, 0.3) is 0 Å². The van der Waals surface area contributed by atoms with Gasteiger partial charge in [-0.2, -0.15) is 0 Å². The van der Waals surface area contributed by atoms with Crippen LogP contribution in [-0.4, -0.2) is 46.5 Å². The van der Waals surface area contributed by atoms with Gasteiger partial charge in [-0.1, -0.05) is 30.3 Å². The van der Waals surface area contributed by atoms with Crippen molar-refractivity contribution in [3.05, 3.63) is 58.9 Å². The molecule has 1 amide bonds. The van der Waals surface area contributed by atoms with Crippen LogP contribution in [0.15, 0.2) is 36.4 Å². The number of piperidine rings is 1. The molecule has 2 bridgehead atoms. The van der Waals surface area contributed by atoms with Crippen LogP contribution < -0.4 is 10.6 Å². The van der Waals surface area contributed by atoms with Crippen LogP contribution in [0.3, 0.4) is 0 Å². The standard InChI is InChI=1S/C31H42F2N4O/c1-21-17-24-20-34-15-11-29(24)37(21)27-18-25-7-8-26(19-27)36(25)16-12-28(22-5-3-2-4-6-22)35-30(38)23-9-13-31(32,33)14-10-23/h2-6,17,23,25-28,34H,7-16,18-20H2,1H3,(H,35,38)/t25?,26?,27?,28-/m0/s1. The van der Waals surface area contributed by atoms with Gasteiger partial charge in [0.25, 0.3) is 0 Å². The fourth-order valence-corrected chi connectivity index (χ4v) is 7.84. The SMILES string of the molecule is Cc1cc2c(n1C1CC3CCC(C1)N3CC[C@H](NC(=O)C1CCC(F)(F)CC1)c1ccccc1)CCNC2. The number of rotatable bonds is 7. The second-order valence-electron chi connectivity index (χ2n) is 12.2. The van der Waals surface area contributed by atoms with Crippen LogP contribution in [-0.2, 0) is 17.8 Å². The van der Waals surface area contributed by atoms with Crippen molar-refractivity contribution in [3.8, 4) is 0 Å². The number of hydrogen-bond donors (Lipinski definition) is 2. The first kappa shape index (κ1) is 26.0. The predicted molar refractivity (Wildman–Crippen MR) is 145 cm³/mol. The Morgan fingerprint density at radius 3 is 2.50 bits per heavy atom. The quantitative estimate of drug-likeness (QED) is 0.490. The first-order chi connectivity index (χ1) is 18.4. The lowest BCUT2D eigenvalue weighted by atomic mass is 9.86. The fraction of sp³-hybridized carbons (Fsp3) is 0.645. The number of carbonyl (C=O) groups excluding carboxylic acids is 1. The predicted octanol–water partition coefficient (Wildman–Crippen LogP) is 5.68. The maximum atomic E-state index is 13.7. The molecule has 38 heavy (non-hydrogen) atoms. The number of amides is 1. The zero-order valence-corrected chi connectivity index (χ0v) is 22.6. The number of halogens is 2. The number of fused-ring (bicyclic) bond motifs is 3. The molecule has 1 aromatic carbocycles. The molecule has 1 saturated carbocycles. The third-order valence-corrected chi connectivity index (χ3v) is 9.79. The van der Waals surface area contributed by atoms with E-state index >= 15 is 0 Å². The summed E-state index contributed by atoms with van der Waals surface area (Å²) >= 11 is 0. The first-order valence-electron chi connectivity index (χ1n) is 14.8. The molecule has 2 unspecified atom stereocenters. The molecule has 4 aliphatic rings. The second kappa shape index (κ2) is 10.7. The molecule has 3 fully saturated rings. The lowest BCUT2D eigenvalue weighted by Gasteiger charge is -2.41. The van der Waals surface area contributed by atoms with Gasteiger partial charge >= 0.3 is 0 Å². The molecular formula is C31H42F2N4O. The normalized spacial score (nSPS) is 28.1. The van der Waals surface area contributed by atoms with E-state index < -0.39 is 5.92 Å². The number of aromatic nitrogens is 1. The fourth-order valence-electron chi connectivity index (χ4n) is 7.84. The second-order valence-corrected chi connectivity index (χ2v) is 12.2. The third kappa shape index (κ3) is 5.29. The van der Waals surface area contributed by atoms with Gasteiger partial charge in [0.15, 0.2) is 0 Å². The maximum Gasteiger partial charge on any atom is 0.248 e. The zero-order chi connectivity index (χ0) is 26.3. The molecule has 2 aromatic rings. The summed E-state index contributed by atoms with van der Waals surface area (Å²) in [6.45, 7) is 5.29. The third-order valence-electron chi connectivity index (χ3n) is 9.79. The minimum Gasteiger partial charge on any atom is -0.349 e. The Kier molecular flexibility index (Phi) is 7.34. The Balaban J connectivity index is 1.11. The summed E-state index contributed by atoms with van der Waals surface area (Å²) in [5, 5.41) is 6.79. The van der Waals surface area contributed by atoms with Crippen molar-refractivity contribution in [1.29, 1.82) is 0 Å². The smallest absolute Gasteiger partial charge is 0.248 e. The zero-order valence-electron chi connectivity index (χ0n) is 22.6.